The summed E-state index contributed by atoms with van der Waals surface area (Å²) < 4.78 is 17.0. The van der Waals surface area contributed by atoms with E-state index in [1.54, 1.807) is 36.4 Å². The highest BCUT2D eigenvalue weighted by atomic mass is 35.5. The molecule has 134 valence electrons. The summed E-state index contributed by atoms with van der Waals surface area (Å²) in [5.41, 5.74) is 1.19. The molecule has 0 saturated carbocycles. The maximum absolute atomic E-state index is 11.1. The van der Waals surface area contributed by atoms with E-state index in [9.17, 15) is 9.59 Å². The predicted molar refractivity (Wildman–Crippen MR) is 95.3 cm³/mol. The highest BCUT2D eigenvalue weighted by molar-refractivity contribution is 6.34. The minimum Gasteiger partial charge on any atom is -0.494 e. The van der Waals surface area contributed by atoms with Gasteiger partial charge in [0.05, 0.1) is 12.6 Å². The first kappa shape index (κ1) is 17.8. The van der Waals surface area contributed by atoms with Gasteiger partial charge in [-0.1, -0.05) is 11.6 Å². The number of fused-ring (bicyclic) bond motifs is 1. The molecule has 1 heterocycles. The van der Waals surface area contributed by atoms with Crippen LogP contribution in [0, 0.1) is 0 Å². The third-order valence-electron chi connectivity index (χ3n) is 3.49. The van der Waals surface area contributed by atoms with E-state index in [1.165, 1.54) is 25.6 Å². The molecule has 0 aliphatic heterocycles. The number of nitrogens with zero attached hydrogens (tertiary/aromatic N) is 2. The fraction of sp³-hybridized carbons (Fsp3) is 0.167. The van der Waals surface area contributed by atoms with Crippen LogP contribution in [0.5, 0.6) is 17.2 Å². The van der Waals surface area contributed by atoms with Gasteiger partial charge in [0.2, 0.25) is 0 Å². The normalized spacial score (nSPS) is 10.6. The van der Waals surface area contributed by atoms with Crippen LogP contribution in [0.25, 0.3) is 16.6 Å². The molecule has 26 heavy (non-hydrogen) atoms. The lowest BCUT2D eigenvalue weighted by atomic mass is 10.2. The lowest BCUT2D eigenvalue weighted by Gasteiger charge is -2.11. The van der Waals surface area contributed by atoms with Crippen molar-refractivity contribution in [1.29, 1.82) is 0 Å². The zero-order valence-electron chi connectivity index (χ0n) is 14.3. The molecule has 0 bridgehead atoms. The first-order chi connectivity index (χ1) is 12.4. The zero-order chi connectivity index (χ0) is 18.8. The van der Waals surface area contributed by atoms with Crippen LogP contribution in [0.15, 0.2) is 36.4 Å². The van der Waals surface area contributed by atoms with Crippen LogP contribution < -0.4 is 14.2 Å². The zero-order valence-corrected chi connectivity index (χ0v) is 15.0. The van der Waals surface area contributed by atoms with Gasteiger partial charge in [0.1, 0.15) is 28.1 Å². The van der Waals surface area contributed by atoms with Gasteiger partial charge < -0.3 is 14.2 Å². The van der Waals surface area contributed by atoms with Crippen molar-refractivity contribution in [3.8, 4) is 22.9 Å². The van der Waals surface area contributed by atoms with Crippen molar-refractivity contribution in [2.75, 3.05) is 7.11 Å². The quantitative estimate of drug-likeness (QED) is 0.513. The van der Waals surface area contributed by atoms with E-state index in [0.717, 1.165) is 0 Å². The van der Waals surface area contributed by atoms with E-state index in [2.05, 4.69) is 5.10 Å². The van der Waals surface area contributed by atoms with Gasteiger partial charge in [-0.15, -0.1) is 0 Å². The van der Waals surface area contributed by atoms with E-state index in [4.69, 9.17) is 25.8 Å². The minimum atomic E-state index is -0.430. The average molecular weight is 375 g/mol. The minimum absolute atomic E-state index is 0.326. The Balaban J connectivity index is 2.08. The largest absolute Gasteiger partial charge is 0.494 e. The van der Waals surface area contributed by atoms with Gasteiger partial charge in [-0.25, -0.2) is 4.68 Å². The number of carbonyl (C=O) groups is 2. The second kappa shape index (κ2) is 7.05. The Bertz CT molecular complexity index is 1010. The number of halogens is 1. The smallest absolute Gasteiger partial charge is 0.308 e. The molecule has 0 fully saturated rings. The Morgan fingerprint density at radius 2 is 1.62 bits per heavy atom. The second-order valence-corrected chi connectivity index (χ2v) is 5.76. The molecule has 0 aliphatic carbocycles. The van der Waals surface area contributed by atoms with Crippen molar-refractivity contribution in [2.24, 2.45) is 0 Å². The van der Waals surface area contributed by atoms with Crippen LogP contribution in [-0.2, 0) is 9.59 Å². The van der Waals surface area contributed by atoms with E-state index in [1.807, 2.05) is 0 Å². The van der Waals surface area contributed by atoms with Gasteiger partial charge in [0.15, 0.2) is 0 Å². The molecule has 8 heteroatoms. The van der Waals surface area contributed by atoms with Gasteiger partial charge in [-0.3, -0.25) is 9.59 Å². The van der Waals surface area contributed by atoms with Crippen molar-refractivity contribution in [2.45, 2.75) is 13.8 Å². The Labute approximate surface area is 154 Å². The van der Waals surface area contributed by atoms with E-state index in [0.29, 0.717) is 39.0 Å². The molecule has 0 spiro atoms. The molecule has 0 N–H and O–H groups in total. The van der Waals surface area contributed by atoms with Gasteiger partial charge in [-0.2, -0.15) is 5.10 Å². The van der Waals surface area contributed by atoms with Crippen molar-refractivity contribution in [1.82, 2.24) is 9.78 Å². The summed E-state index contributed by atoms with van der Waals surface area (Å²) in [6, 6.07) is 9.86. The molecule has 0 unspecified atom stereocenters. The van der Waals surface area contributed by atoms with Crippen molar-refractivity contribution >= 4 is 34.4 Å². The van der Waals surface area contributed by atoms with Crippen LogP contribution in [0.4, 0.5) is 0 Å². The van der Waals surface area contributed by atoms with Gasteiger partial charge in [0.25, 0.3) is 0 Å². The Morgan fingerprint density at radius 3 is 2.23 bits per heavy atom. The summed E-state index contributed by atoms with van der Waals surface area (Å²) in [4.78, 5) is 22.2. The third-order valence-corrected chi connectivity index (χ3v) is 3.85. The highest BCUT2D eigenvalue weighted by Gasteiger charge is 2.16. The van der Waals surface area contributed by atoms with E-state index in [-0.39, 0.29) is 0 Å². The number of carbonyl (C=O) groups excluding carboxylic acids is 2. The molecule has 3 aromatic rings. The number of hydrogen-bond donors (Lipinski definition) is 0. The van der Waals surface area contributed by atoms with Gasteiger partial charge >= 0.3 is 11.9 Å². The maximum Gasteiger partial charge on any atom is 0.308 e. The molecule has 0 saturated heterocycles. The average Bonchev–Trinajstić information content (AvgIpc) is 2.90. The lowest BCUT2D eigenvalue weighted by molar-refractivity contribution is -0.132. The highest BCUT2D eigenvalue weighted by Crippen LogP contribution is 2.34. The SMILES string of the molecule is COc1cc(OC(C)=O)ccc1-n1nc2ccc(OC(C)=O)cc2c1Cl. The molecule has 1 aromatic heterocycles. The predicted octanol–water partition coefficient (Wildman–Crippen LogP) is 3.54. The summed E-state index contributed by atoms with van der Waals surface area (Å²) in [5, 5.41) is 5.41. The Kier molecular flexibility index (Phi) is 4.81. The Hall–Kier alpha value is -3.06. The summed E-state index contributed by atoms with van der Waals surface area (Å²) in [6.45, 7) is 2.64. The topological polar surface area (TPSA) is 79.7 Å². The van der Waals surface area contributed by atoms with Crippen LogP contribution in [0.3, 0.4) is 0 Å². The van der Waals surface area contributed by atoms with Crippen LogP contribution in [-0.4, -0.2) is 28.8 Å². The first-order valence-corrected chi connectivity index (χ1v) is 8.00. The number of hydrogen-bond acceptors (Lipinski definition) is 6. The molecule has 7 nitrogen and oxygen atoms in total. The third kappa shape index (κ3) is 3.48. The fourth-order valence-electron chi connectivity index (χ4n) is 2.48. The molecular formula is C18H15ClN2O5. The van der Waals surface area contributed by atoms with E-state index < -0.39 is 11.9 Å². The van der Waals surface area contributed by atoms with Crippen LogP contribution in [0.2, 0.25) is 5.15 Å². The Morgan fingerprint density at radius 1 is 1.00 bits per heavy atom. The monoisotopic (exact) mass is 374 g/mol. The van der Waals surface area contributed by atoms with Gasteiger partial charge in [0, 0.05) is 25.3 Å². The van der Waals surface area contributed by atoms with Crippen LogP contribution >= 0.6 is 11.6 Å². The number of methoxy groups -OCH3 is 1. The summed E-state index contributed by atoms with van der Waals surface area (Å²) in [7, 11) is 1.49. The fourth-order valence-corrected chi connectivity index (χ4v) is 2.76. The number of ether oxygens (including phenoxy) is 3. The summed E-state index contributed by atoms with van der Waals surface area (Å²) in [5.74, 6) is 0.307. The maximum atomic E-state index is 11.1. The van der Waals surface area contributed by atoms with E-state index >= 15 is 0 Å². The molecule has 0 radical (unpaired) electrons. The second-order valence-electron chi connectivity index (χ2n) is 5.40. The molecule has 0 atom stereocenters. The van der Waals surface area contributed by atoms with Crippen molar-refractivity contribution in [3.05, 3.63) is 41.6 Å². The number of benzene rings is 2. The number of aromatic nitrogens is 2. The van der Waals surface area contributed by atoms with Crippen LogP contribution in [0.1, 0.15) is 13.8 Å². The number of rotatable bonds is 4. The van der Waals surface area contributed by atoms with Crippen molar-refractivity contribution < 1.29 is 23.8 Å². The number of esters is 2. The van der Waals surface area contributed by atoms with Gasteiger partial charge in [-0.05, 0) is 30.3 Å². The summed E-state index contributed by atoms with van der Waals surface area (Å²) >= 11 is 6.47. The standard InChI is InChI=1S/C18H15ClN2O5/c1-10(22)25-12-4-6-15-14(8-12)18(19)21(20-15)16-7-5-13(26-11(2)23)9-17(16)24-3/h4-9H,1-3H3. The lowest BCUT2D eigenvalue weighted by Crippen LogP contribution is -2.04. The molecular weight excluding hydrogens is 360 g/mol. The van der Waals surface area contributed by atoms with Crippen molar-refractivity contribution in [3.63, 3.8) is 0 Å². The molecule has 2 aromatic carbocycles. The molecule has 0 amide bonds. The molecule has 0 aliphatic rings. The first-order valence-electron chi connectivity index (χ1n) is 7.62. The summed E-state index contributed by atoms with van der Waals surface area (Å²) in [6.07, 6.45) is 0. The molecule has 3 rings (SSSR count).